The molecule has 2 N–H and O–H groups in total. The standard InChI is InChI=1S/C24H25ClIN5O2S/c1-5-10-31-22(16(4)27-23(33)17-6-8-18(25)9-7-17)29-30-24(31)34-13-20(32)28-21-14(2)11-19(26)12-15(21)3/h5-9,11-12,16H,1,10,13H2,2-4H3,(H,27,33)(H,28,32)/t16-/m0/s1. The summed E-state index contributed by atoms with van der Waals surface area (Å²) in [7, 11) is 0. The number of anilines is 1. The minimum atomic E-state index is -0.407. The highest BCUT2D eigenvalue weighted by molar-refractivity contribution is 14.1. The third kappa shape index (κ3) is 6.61. The Balaban J connectivity index is 1.68. The molecule has 0 radical (unpaired) electrons. The van der Waals surface area contributed by atoms with Gasteiger partial charge in [0.15, 0.2) is 11.0 Å². The molecule has 0 saturated heterocycles. The zero-order valence-corrected chi connectivity index (χ0v) is 22.8. The Morgan fingerprint density at radius 2 is 1.85 bits per heavy atom. The van der Waals surface area contributed by atoms with Crippen LogP contribution in [0.25, 0.3) is 0 Å². The number of carbonyl (C=O) groups excluding carboxylic acids is 2. The van der Waals surface area contributed by atoms with Crippen LogP contribution in [-0.4, -0.2) is 32.3 Å². The van der Waals surface area contributed by atoms with Gasteiger partial charge in [0.25, 0.3) is 5.91 Å². The number of aromatic nitrogens is 3. The molecule has 3 aromatic rings. The van der Waals surface area contributed by atoms with E-state index in [-0.39, 0.29) is 17.6 Å². The second kappa shape index (κ2) is 11.9. The maximum absolute atomic E-state index is 12.6. The molecule has 0 spiro atoms. The predicted octanol–water partition coefficient (Wildman–Crippen LogP) is 5.56. The summed E-state index contributed by atoms with van der Waals surface area (Å²) in [5, 5.41) is 15.6. The lowest BCUT2D eigenvalue weighted by atomic mass is 10.1. The highest BCUT2D eigenvalue weighted by Gasteiger charge is 2.21. The molecule has 3 rings (SSSR count). The zero-order chi connectivity index (χ0) is 24.8. The number of amides is 2. The van der Waals surface area contributed by atoms with Crippen molar-refractivity contribution in [3.05, 3.63) is 80.2 Å². The van der Waals surface area contributed by atoms with Gasteiger partial charge in [0.1, 0.15) is 0 Å². The molecule has 10 heteroatoms. The molecular weight excluding hydrogens is 585 g/mol. The van der Waals surface area contributed by atoms with E-state index in [1.807, 2.05) is 37.5 Å². The Kier molecular flexibility index (Phi) is 9.15. The first-order valence-corrected chi connectivity index (χ1v) is 12.9. The Morgan fingerprint density at radius 1 is 1.21 bits per heavy atom. The van der Waals surface area contributed by atoms with Gasteiger partial charge in [0, 0.05) is 26.4 Å². The second-order valence-corrected chi connectivity index (χ2v) is 10.3. The van der Waals surface area contributed by atoms with Gasteiger partial charge < -0.3 is 15.2 Å². The molecule has 7 nitrogen and oxygen atoms in total. The van der Waals surface area contributed by atoms with Gasteiger partial charge in [0.05, 0.1) is 11.8 Å². The molecule has 178 valence electrons. The summed E-state index contributed by atoms with van der Waals surface area (Å²) in [4.78, 5) is 25.2. The van der Waals surface area contributed by atoms with Crippen LogP contribution in [0.1, 0.15) is 40.3 Å². The highest BCUT2D eigenvalue weighted by Crippen LogP contribution is 2.25. The summed E-state index contributed by atoms with van der Waals surface area (Å²) in [6.07, 6.45) is 1.73. The number of benzene rings is 2. The van der Waals surface area contributed by atoms with Crippen molar-refractivity contribution in [2.45, 2.75) is 38.5 Å². The first-order chi connectivity index (χ1) is 16.2. The summed E-state index contributed by atoms with van der Waals surface area (Å²) >= 11 is 9.45. The molecule has 0 saturated carbocycles. The van der Waals surface area contributed by atoms with Gasteiger partial charge in [-0.25, -0.2) is 0 Å². The van der Waals surface area contributed by atoms with Gasteiger partial charge in [-0.2, -0.15) is 0 Å². The first-order valence-electron chi connectivity index (χ1n) is 10.5. The first kappa shape index (κ1) is 26.2. The van der Waals surface area contributed by atoms with E-state index in [1.54, 1.807) is 30.3 Å². The number of aryl methyl sites for hydroxylation is 2. The fraction of sp³-hybridized carbons (Fsp3) is 0.250. The summed E-state index contributed by atoms with van der Waals surface area (Å²) in [5.41, 5.74) is 3.37. The zero-order valence-electron chi connectivity index (χ0n) is 19.1. The summed E-state index contributed by atoms with van der Waals surface area (Å²) in [6.45, 7) is 10.0. The van der Waals surface area contributed by atoms with E-state index >= 15 is 0 Å². The predicted molar refractivity (Wildman–Crippen MR) is 146 cm³/mol. The molecule has 1 atom stereocenters. The van der Waals surface area contributed by atoms with Gasteiger partial charge >= 0.3 is 0 Å². The van der Waals surface area contributed by atoms with Crippen LogP contribution in [0.3, 0.4) is 0 Å². The number of halogens is 2. The second-order valence-electron chi connectivity index (χ2n) is 7.69. The maximum Gasteiger partial charge on any atom is 0.251 e. The maximum atomic E-state index is 12.6. The molecular formula is C24H25ClIN5O2S. The third-order valence-electron chi connectivity index (χ3n) is 4.99. The SMILES string of the molecule is C=CCn1c(SCC(=O)Nc2c(C)cc(I)cc2C)nnc1[C@H](C)NC(=O)c1ccc(Cl)cc1. The number of carbonyl (C=O) groups is 2. The Bertz CT molecular complexity index is 1190. The molecule has 2 aromatic carbocycles. The van der Waals surface area contributed by atoms with E-state index < -0.39 is 6.04 Å². The van der Waals surface area contributed by atoms with Crippen molar-refractivity contribution in [1.82, 2.24) is 20.1 Å². The van der Waals surface area contributed by atoms with Crippen LogP contribution in [0.5, 0.6) is 0 Å². The lowest BCUT2D eigenvalue weighted by molar-refractivity contribution is -0.113. The van der Waals surface area contributed by atoms with Crippen molar-refractivity contribution in [1.29, 1.82) is 0 Å². The van der Waals surface area contributed by atoms with Crippen molar-refractivity contribution in [3.63, 3.8) is 0 Å². The fourth-order valence-electron chi connectivity index (χ4n) is 3.39. The van der Waals surface area contributed by atoms with Crippen LogP contribution in [-0.2, 0) is 11.3 Å². The van der Waals surface area contributed by atoms with Crippen molar-refractivity contribution in [2.75, 3.05) is 11.1 Å². The number of rotatable bonds is 9. The number of allylic oxidation sites excluding steroid dienone is 1. The molecule has 2 amide bonds. The smallest absolute Gasteiger partial charge is 0.251 e. The van der Waals surface area contributed by atoms with Gasteiger partial charge in [0.2, 0.25) is 5.91 Å². The fourth-order valence-corrected chi connectivity index (χ4v) is 5.20. The quantitative estimate of drug-likeness (QED) is 0.188. The van der Waals surface area contributed by atoms with Crippen molar-refractivity contribution < 1.29 is 9.59 Å². The molecule has 0 fully saturated rings. The van der Waals surface area contributed by atoms with Crippen LogP contribution in [0, 0.1) is 17.4 Å². The van der Waals surface area contributed by atoms with Crippen LogP contribution in [0.15, 0.2) is 54.2 Å². The van der Waals surface area contributed by atoms with Gasteiger partial charge in [-0.1, -0.05) is 29.4 Å². The molecule has 1 aromatic heterocycles. The van der Waals surface area contributed by atoms with Gasteiger partial charge in [-0.05, 0) is 90.9 Å². The van der Waals surface area contributed by atoms with Gasteiger partial charge in [-0.3, -0.25) is 9.59 Å². The van der Waals surface area contributed by atoms with E-state index in [2.05, 4.69) is 50.0 Å². The number of hydrogen-bond acceptors (Lipinski definition) is 5. The highest BCUT2D eigenvalue weighted by atomic mass is 127. The molecule has 0 aliphatic carbocycles. The third-order valence-corrected chi connectivity index (χ3v) is 6.83. The summed E-state index contributed by atoms with van der Waals surface area (Å²) < 4.78 is 2.97. The van der Waals surface area contributed by atoms with Crippen molar-refractivity contribution >= 4 is 63.5 Å². The van der Waals surface area contributed by atoms with E-state index in [0.717, 1.165) is 20.4 Å². The van der Waals surface area contributed by atoms with Crippen LogP contribution in [0.2, 0.25) is 5.02 Å². The summed E-state index contributed by atoms with van der Waals surface area (Å²) in [6, 6.07) is 10.3. The molecule has 0 aliphatic heterocycles. The molecule has 0 bridgehead atoms. The number of nitrogens with one attached hydrogen (secondary N) is 2. The Hall–Kier alpha value is -2.37. The largest absolute Gasteiger partial charge is 0.342 e. The normalized spacial score (nSPS) is 11.7. The van der Waals surface area contributed by atoms with Crippen LogP contribution >= 0.6 is 46.0 Å². The molecule has 34 heavy (non-hydrogen) atoms. The average molecular weight is 610 g/mol. The minimum Gasteiger partial charge on any atom is -0.342 e. The van der Waals surface area contributed by atoms with Crippen LogP contribution < -0.4 is 10.6 Å². The molecule has 0 unspecified atom stereocenters. The van der Waals surface area contributed by atoms with E-state index in [9.17, 15) is 9.59 Å². The number of hydrogen-bond donors (Lipinski definition) is 2. The average Bonchev–Trinajstić information content (AvgIpc) is 3.18. The number of nitrogens with zero attached hydrogens (tertiary/aromatic N) is 3. The van der Waals surface area contributed by atoms with E-state index in [4.69, 9.17) is 11.6 Å². The topological polar surface area (TPSA) is 88.9 Å². The van der Waals surface area contributed by atoms with Gasteiger partial charge in [-0.15, -0.1) is 16.8 Å². The van der Waals surface area contributed by atoms with Crippen LogP contribution in [0.4, 0.5) is 5.69 Å². The lowest BCUT2D eigenvalue weighted by Gasteiger charge is -2.15. The Morgan fingerprint density at radius 3 is 2.47 bits per heavy atom. The number of thioether (sulfide) groups is 1. The van der Waals surface area contributed by atoms with E-state index in [0.29, 0.717) is 28.1 Å². The monoisotopic (exact) mass is 609 g/mol. The van der Waals surface area contributed by atoms with Crippen molar-refractivity contribution in [2.24, 2.45) is 0 Å². The van der Waals surface area contributed by atoms with E-state index in [1.165, 1.54) is 11.8 Å². The minimum absolute atomic E-state index is 0.129. The Labute approximate surface area is 221 Å². The lowest BCUT2D eigenvalue weighted by Crippen LogP contribution is -2.28. The molecule has 1 heterocycles. The summed E-state index contributed by atoms with van der Waals surface area (Å²) in [5.74, 6) is 0.380. The molecule has 0 aliphatic rings. The van der Waals surface area contributed by atoms with Crippen molar-refractivity contribution in [3.8, 4) is 0 Å².